The molecule has 0 unspecified atom stereocenters. The molecule has 0 aliphatic heterocycles. The van der Waals surface area contributed by atoms with Crippen LogP contribution in [-0.4, -0.2) is 39.6 Å². The molecule has 4 aromatic rings. The van der Waals surface area contributed by atoms with Gasteiger partial charge in [-0.05, 0) is 60.7 Å². The summed E-state index contributed by atoms with van der Waals surface area (Å²) < 4.78 is 39.9. The summed E-state index contributed by atoms with van der Waals surface area (Å²) >= 11 is 0. The normalized spacial score (nSPS) is 11.4. The standard InChI is InChI=1S/C42H61NO6/c1-7-13-23-44-33-29-32-30-21-19-20-22-31(30)34-36(35(32)39(46-25-15-9-3)38(33)45-24-14-8-2)40(47-26-16-10-4)42(49-28-18-12-6)41(37(34)43)48-27-17-11-5/h19-22,29H,7-18,23-28,43H2,1-6H3. The van der Waals surface area contributed by atoms with Crippen molar-refractivity contribution in [3.05, 3.63) is 30.3 Å². The Morgan fingerprint density at radius 3 is 1.33 bits per heavy atom. The monoisotopic (exact) mass is 675 g/mol. The topological polar surface area (TPSA) is 81.4 Å². The van der Waals surface area contributed by atoms with Crippen LogP contribution in [0.1, 0.15) is 119 Å². The zero-order valence-corrected chi connectivity index (χ0v) is 31.1. The molecule has 0 saturated carbocycles. The van der Waals surface area contributed by atoms with Crippen LogP contribution in [0.25, 0.3) is 32.3 Å². The third-order valence-electron chi connectivity index (χ3n) is 8.82. The van der Waals surface area contributed by atoms with E-state index in [-0.39, 0.29) is 0 Å². The molecule has 49 heavy (non-hydrogen) atoms. The molecule has 7 nitrogen and oxygen atoms in total. The smallest absolute Gasteiger partial charge is 0.206 e. The van der Waals surface area contributed by atoms with Crippen molar-refractivity contribution in [2.24, 2.45) is 0 Å². The fourth-order valence-electron chi connectivity index (χ4n) is 5.95. The molecule has 0 atom stereocenters. The molecule has 0 aromatic heterocycles. The lowest BCUT2D eigenvalue weighted by Crippen LogP contribution is -2.10. The van der Waals surface area contributed by atoms with Gasteiger partial charge in [-0.25, -0.2) is 0 Å². The molecule has 0 radical (unpaired) electrons. The predicted octanol–water partition coefficient (Wildman–Crippen LogP) is 11.8. The van der Waals surface area contributed by atoms with Gasteiger partial charge in [-0.15, -0.1) is 0 Å². The Morgan fingerprint density at radius 2 is 0.816 bits per heavy atom. The van der Waals surface area contributed by atoms with E-state index >= 15 is 0 Å². The van der Waals surface area contributed by atoms with Crippen molar-refractivity contribution in [1.29, 1.82) is 0 Å². The van der Waals surface area contributed by atoms with E-state index in [2.05, 4.69) is 71.9 Å². The van der Waals surface area contributed by atoms with Gasteiger partial charge in [0, 0.05) is 16.2 Å². The number of unbranched alkanes of at least 4 members (excludes halogenated alkanes) is 6. The first-order valence-electron chi connectivity index (χ1n) is 19.1. The number of ether oxygens (including phenoxy) is 6. The second-order valence-corrected chi connectivity index (χ2v) is 12.9. The first-order valence-corrected chi connectivity index (χ1v) is 19.1. The minimum absolute atomic E-state index is 0.530. The van der Waals surface area contributed by atoms with Crippen LogP contribution in [0.5, 0.6) is 34.5 Å². The first-order chi connectivity index (χ1) is 24.1. The zero-order valence-electron chi connectivity index (χ0n) is 31.1. The van der Waals surface area contributed by atoms with Crippen LogP contribution in [0.4, 0.5) is 5.69 Å². The van der Waals surface area contributed by atoms with E-state index in [4.69, 9.17) is 34.2 Å². The van der Waals surface area contributed by atoms with Crippen LogP contribution in [0.2, 0.25) is 0 Å². The molecule has 0 amide bonds. The highest BCUT2D eigenvalue weighted by Gasteiger charge is 2.30. The van der Waals surface area contributed by atoms with Gasteiger partial charge in [0.15, 0.2) is 23.0 Å². The summed E-state index contributed by atoms with van der Waals surface area (Å²) in [4.78, 5) is 0. The summed E-state index contributed by atoms with van der Waals surface area (Å²) in [5.74, 6) is 3.78. The number of hydrogen-bond donors (Lipinski definition) is 1. The quantitative estimate of drug-likeness (QED) is 0.0449. The van der Waals surface area contributed by atoms with Gasteiger partial charge in [0.25, 0.3) is 0 Å². The number of nitrogens with two attached hydrogens (primary N) is 1. The second kappa shape index (κ2) is 20.1. The Hall–Kier alpha value is -3.74. The fourth-order valence-corrected chi connectivity index (χ4v) is 5.95. The van der Waals surface area contributed by atoms with E-state index in [1.807, 2.05) is 0 Å². The molecule has 0 bridgehead atoms. The van der Waals surface area contributed by atoms with E-state index < -0.39 is 0 Å². The molecule has 0 heterocycles. The molecule has 0 spiro atoms. The molecule has 0 aliphatic rings. The SMILES string of the molecule is CCCCOc1cc2c3ccccc3c3c(N)c(OCCCC)c(OCCCC)c(OCCCC)c3c2c(OCCCC)c1OCCCC. The molecule has 2 N–H and O–H groups in total. The molecule has 4 aromatic carbocycles. The summed E-state index contributed by atoms with van der Waals surface area (Å²) in [7, 11) is 0. The Morgan fingerprint density at radius 1 is 0.408 bits per heavy atom. The van der Waals surface area contributed by atoms with Gasteiger partial charge in [-0.1, -0.05) is 104 Å². The predicted molar refractivity (Wildman–Crippen MR) is 206 cm³/mol. The van der Waals surface area contributed by atoms with Crippen molar-refractivity contribution < 1.29 is 28.4 Å². The average molecular weight is 676 g/mol. The molecular weight excluding hydrogens is 614 g/mol. The van der Waals surface area contributed by atoms with Crippen LogP contribution in [0.15, 0.2) is 30.3 Å². The summed E-state index contributed by atoms with van der Waals surface area (Å²) in [5, 5.41) is 5.71. The van der Waals surface area contributed by atoms with Crippen molar-refractivity contribution in [3.63, 3.8) is 0 Å². The van der Waals surface area contributed by atoms with Crippen LogP contribution in [0.3, 0.4) is 0 Å². The molecule has 0 fully saturated rings. The summed E-state index contributed by atoms with van der Waals surface area (Å²) in [5.41, 5.74) is 7.80. The van der Waals surface area contributed by atoms with Crippen molar-refractivity contribution in [3.8, 4) is 34.5 Å². The van der Waals surface area contributed by atoms with Gasteiger partial charge in [-0.2, -0.15) is 0 Å². The number of benzene rings is 4. The molecule has 0 aliphatic carbocycles. The van der Waals surface area contributed by atoms with Crippen molar-refractivity contribution >= 4 is 38.0 Å². The van der Waals surface area contributed by atoms with Crippen molar-refractivity contribution in [2.45, 2.75) is 119 Å². The number of nitrogen functional groups attached to an aromatic ring is 1. The number of anilines is 1. The van der Waals surface area contributed by atoms with E-state index in [0.29, 0.717) is 79.8 Å². The molecular formula is C42H61NO6. The van der Waals surface area contributed by atoms with E-state index in [9.17, 15) is 0 Å². The fraction of sp³-hybridized carbons (Fsp3) is 0.571. The van der Waals surface area contributed by atoms with Gasteiger partial charge in [0.05, 0.1) is 45.3 Å². The maximum atomic E-state index is 7.25. The maximum Gasteiger partial charge on any atom is 0.206 e. The van der Waals surface area contributed by atoms with Crippen LogP contribution < -0.4 is 34.2 Å². The third-order valence-corrected chi connectivity index (χ3v) is 8.82. The Balaban J connectivity index is 2.24. The Bertz CT molecular complexity index is 1620. The Kier molecular flexibility index (Phi) is 15.6. The maximum absolute atomic E-state index is 7.25. The minimum Gasteiger partial charge on any atom is -0.490 e. The first kappa shape index (κ1) is 38.1. The van der Waals surface area contributed by atoms with Gasteiger partial charge < -0.3 is 34.2 Å². The lowest BCUT2D eigenvalue weighted by atomic mass is 9.91. The molecule has 0 saturated heterocycles. The number of hydrogen-bond acceptors (Lipinski definition) is 7. The summed E-state index contributed by atoms with van der Waals surface area (Å²) in [6.07, 6.45) is 11.6. The van der Waals surface area contributed by atoms with Crippen molar-refractivity contribution in [1.82, 2.24) is 0 Å². The van der Waals surface area contributed by atoms with E-state index in [1.54, 1.807) is 0 Å². The molecule has 7 heteroatoms. The number of rotatable bonds is 24. The van der Waals surface area contributed by atoms with E-state index in [1.165, 1.54) is 0 Å². The van der Waals surface area contributed by atoms with Gasteiger partial charge in [0.2, 0.25) is 11.5 Å². The average Bonchev–Trinajstić information content (AvgIpc) is 3.11. The van der Waals surface area contributed by atoms with Crippen LogP contribution in [0, 0.1) is 0 Å². The highest BCUT2D eigenvalue weighted by Crippen LogP contribution is 2.57. The summed E-state index contributed by atoms with van der Waals surface area (Å²) in [6, 6.07) is 10.6. The zero-order chi connectivity index (χ0) is 35.0. The van der Waals surface area contributed by atoms with Crippen LogP contribution in [-0.2, 0) is 0 Å². The lowest BCUT2D eigenvalue weighted by Gasteiger charge is -2.25. The highest BCUT2D eigenvalue weighted by molar-refractivity contribution is 6.32. The van der Waals surface area contributed by atoms with Gasteiger partial charge in [0.1, 0.15) is 0 Å². The van der Waals surface area contributed by atoms with Gasteiger partial charge in [-0.3, -0.25) is 0 Å². The van der Waals surface area contributed by atoms with E-state index in [0.717, 1.165) is 109 Å². The number of fused-ring (bicyclic) bond motifs is 6. The lowest BCUT2D eigenvalue weighted by molar-refractivity contribution is 0.238. The third kappa shape index (κ3) is 9.09. The summed E-state index contributed by atoms with van der Waals surface area (Å²) in [6.45, 7) is 16.3. The molecule has 270 valence electrons. The Labute approximate surface area is 294 Å². The largest absolute Gasteiger partial charge is 0.490 e. The minimum atomic E-state index is 0.530. The second-order valence-electron chi connectivity index (χ2n) is 12.9. The van der Waals surface area contributed by atoms with Crippen molar-refractivity contribution in [2.75, 3.05) is 45.4 Å². The highest BCUT2D eigenvalue weighted by atomic mass is 16.5. The van der Waals surface area contributed by atoms with Crippen LogP contribution >= 0.6 is 0 Å². The molecule has 4 rings (SSSR count). The van der Waals surface area contributed by atoms with Gasteiger partial charge >= 0.3 is 0 Å².